The number of aliphatic imine (C=N–C) groups is 1. The summed E-state index contributed by atoms with van der Waals surface area (Å²) >= 11 is 0. The molecule has 27 heavy (non-hydrogen) atoms. The van der Waals surface area contributed by atoms with Gasteiger partial charge in [-0.3, -0.25) is 14.7 Å². The summed E-state index contributed by atoms with van der Waals surface area (Å²) in [6.07, 6.45) is 9.84. The Labute approximate surface area is 164 Å². The van der Waals surface area contributed by atoms with Gasteiger partial charge in [0.1, 0.15) is 0 Å². The van der Waals surface area contributed by atoms with Crippen molar-refractivity contribution in [1.29, 1.82) is 0 Å². The van der Waals surface area contributed by atoms with E-state index in [2.05, 4.69) is 25.4 Å². The van der Waals surface area contributed by atoms with Gasteiger partial charge in [0.15, 0.2) is 5.96 Å². The van der Waals surface area contributed by atoms with Crippen LogP contribution < -0.4 is 16.4 Å². The normalized spacial score (nSPS) is 28.6. The Morgan fingerprint density at radius 2 is 1.93 bits per heavy atom. The molecular weight excluding hydrogens is 340 g/mol. The molecule has 3 rings (SSSR count). The van der Waals surface area contributed by atoms with Crippen molar-refractivity contribution in [3.8, 4) is 0 Å². The molecule has 0 aromatic heterocycles. The van der Waals surface area contributed by atoms with Gasteiger partial charge in [-0.25, -0.2) is 0 Å². The number of carbonyl (C=O) groups excluding carboxylic acids is 1. The van der Waals surface area contributed by atoms with Crippen molar-refractivity contribution in [1.82, 2.24) is 20.4 Å². The van der Waals surface area contributed by atoms with Gasteiger partial charge in [0.25, 0.3) is 0 Å². The molecule has 1 aliphatic carbocycles. The van der Waals surface area contributed by atoms with Gasteiger partial charge in [-0.2, -0.15) is 0 Å². The van der Waals surface area contributed by atoms with Crippen LogP contribution in [0.1, 0.15) is 51.4 Å². The number of nitrogens with one attached hydrogen (secondary N) is 2. The Morgan fingerprint density at radius 3 is 2.67 bits per heavy atom. The molecule has 7 heteroatoms. The van der Waals surface area contributed by atoms with Crippen molar-refractivity contribution in [2.24, 2.45) is 16.6 Å². The SMILES string of the molecule is CN=C(NCCCN1CCCC(C(N)=O)C1)NC1CCN(C2CCCC2)C1. The van der Waals surface area contributed by atoms with Gasteiger partial charge in [0.2, 0.25) is 5.91 Å². The van der Waals surface area contributed by atoms with Gasteiger partial charge >= 0.3 is 0 Å². The molecule has 2 aliphatic heterocycles. The molecule has 2 atom stereocenters. The fraction of sp³-hybridized carbons (Fsp3) is 0.900. The largest absolute Gasteiger partial charge is 0.369 e. The minimum atomic E-state index is -0.148. The van der Waals surface area contributed by atoms with Crippen LogP contribution in [-0.4, -0.2) is 80.1 Å². The fourth-order valence-electron chi connectivity index (χ4n) is 4.89. The quantitative estimate of drug-likeness (QED) is 0.346. The third kappa shape index (κ3) is 6.07. The van der Waals surface area contributed by atoms with E-state index in [0.29, 0.717) is 6.04 Å². The average Bonchev–Trinajstić information content (AvgIpc) is 3.36. The number of guanidine groups is 1. The second-order valence-electron chi connectivity index (χ2n) is 8.46. The smallest absolute Gasteiger partial charge is 0.221 e. The van der Waals surface area contributed by atoms with Crippen LogP contribution in [0.15, 0.2) is 4.99 Å². The first kappa shape index (κ1) is 20.4. The molecule has 0 aromatic carbocycles. The fourth-order valence-corrected chi connectivity index (χ4v) is 4.89. The summed E-state index contributed by atoms with van der Waals surface area (Å²) in [5, 5.41) is 7.06. The van der Waals surface area contributed by atoms with E-state index < -0.39 is 0 Å². The molecule has 0 bridgehead atoms. The summed E-state index contributed by atoms with van der Waals surface area (Å²) < 4.78 is 0. The maximum Gasteiger partial charge on any atom is 0.221 e. The lowest BCUT2D eigenvalue weighted by molar-refractivity contribution is -0.123. The first-order valence-corrected chi connectivity index (χ1v) is 10.9. The minimum absolute atomic E-state index is 0.0336. The standard InChI is InChI=1S/C20H38N6O/c1-22-20(24-17-9-13-26(15-17)18-7-2-3-8-18)23-10-5-12-25-11-4-6-16(14-25)19(21)27/h16-18H,2-15H2,1H3,(H2,21,27)(H2,22,23,24). The van der Waals surface area contributed by atoms with E-state index in [4.69, 9.17) is 5.73 Å². The zero-order chi connectivity index (χ0) is 19.1. The van der Waals surface area contributed by atoms with Crippen LogP contribution in [0.3, 0.4) is 0 Å². The maximum absolute atomic E-state index is 11.4. The third-order valence-corrected chi connectivity index (χ3v) is 6.48. The molecule has 7 nitrogen and oxygen atoms in total. The van der Waals surface area contributed by atoms with E-state index in [1.54, 1.807) is 0 Å². The van der Waals surface area contributed by atoms with Crippen LogP contribution in [0.25, 0.3) is 0 Å². The van der Waals surface area contributed by atoms with E-state index in [1.807, 2.05) is 7.05 Å². The summed E-state index contributed by atoms with van der Waals surface area (Å²) in [6, 6.07) is 1.33. The van der Waals surface area contributed by atoms with Crippen LogP contribution in [0.2, 0.25) is 0 Å². The zero-order valence-corrected chi connectivity index (χ0v) is 17.0. The van der Waals surface area contributed by atoms with E-state index >= 15 is 0 Å². The van der Waals surface area contributed by atoms with Crippen molar-refractivity contribution in [2.45, 2.75) is 63.5 Å². The summed E-state index contributed by atoms with van der Waals surface area (Å²) in [5.41, 5.74) is 5.46. The molecule has 2 unspecified atom stereocenters. The summed E-state index contributed by atoms with van der Waals surface area (Å²) in [6.45, 7) is 6.17. The van der Waals surface area contributed by atoms with Crippen molar-refractivity contribution in [3.63, 3.8) is 0 Å². The van der Waals surface area contributed by atoms with Crippen molar-refractivity contribution in [3.05, 3.63) is 0 Å². The van der Waals surface area contributed by atoms with E-state index in [-0.39, 0.29) is 11.8 Å². The molecule has 3 aliphatic rings. The molecule has 0 aromatic rings. The van der Waals surface area contributed by atoms with Crippen LogP contribution in [0.5, 0.6) is 0 Å². The Balaban J connectivity index is 1.31. The lowest BCUT2D eigenvalue weighted by atomic mass is 9.97. The van der Waals surface area contributed by atoms with Crippen LogP contribution in [0.4, 0.5) is 0 Å². The van der Waals surface area contributed by atoms with Gasteiger partial charge in [-0.15, -0.1) is 0 Å². The molecule has 0 radical (unpaired) electrons. The highest BCUT2D eigenvalue weighted by Gasteiger charge is 2.30. The maximum atomic E-state index is 11.4. The highest BCUT2D eigenvalue weighted by Crippen LogP contribution is 2.26. The lowest BCUT2D eigenvalue weighted by Crippen LogP contribution is -2.46. The number of rotatable bonds is 7. The topological polar surface area (TPSA) is 86.0 Å². The first-order chi connectivity index (χ1) is 13.2. The molecule has 3 fully saturated rings. The van der Waals surface area contributed by atoms with Gasteiger partial charge in [0, 0.05) is 45.3 Å². The monoisotopic (exact) mass is 378 g/mol. The van der Waals surface area contributed by atoms with Crippen LogP contribution >= 0.6 is 0 Å². The van der Waals surface area contributed by atoms with Gasteiger partial charge < -0.3 is 21.3 Å². The number of amides is 1. The number of hydrogen-bond donors (Lipinski definition) is 3. The number of primary amides is 1. The lowest BCUT2D eigenvalue weighted by Gasteiger charge is -2.31. The Bertz CT molecular complexity index is 505. The summed E-state index contributed by atoms with van der Waals surface area (Å²) in [7, 11) is 1.85. The number of carbonyl (C=O) groups is 1. The number of nitrogens with zero attached hydrogens (tertiary/aromatic N) is 3. The predicted octanol–water partition coefficient (Wildman–Crippen LogP) is 0.756. The highest BCUT2D eigenvalue weighted by atomic mass is 16.1. The molecular formula is C20H38N6O. The molecule has 1 amide bonds. The number of nitrogens with two attached hydrogens (primary N) is 1. The van der Waals surface area contributed by atoms with E-state index in [0.717, 1.165) is 64.0 Å². The molecule has 1 saturated carbocycles. The van der Waals surface area contributed by atoms with E-state index in [9.17, 15) is 4.79 Å². The van der Waals surface area contributed by atoms with Crippen molar-refractivity contribution >= 4 is 11.9 Å². The second-order valence-corrected chi connectivity index (χ2v) is 8.46. The van der Waals surface area contributed by atoms with Crippen LogP contribution in [0, 0.1) is 5.92 Å². The van der Waals surface area contributed by atoms with Gasteiger partial charge in [0.05, 0.1) is 5.92 Å². The van der Waals surface area contributed by atoms with Crippen molar-refractivity contribution < 1.29 is 4.79 Å². The Morgan fingerprint density at radius 1 is 1.11 bits per heavy atom. The summed E-state index contributed by atoms with van der Waals surface area (Å²) in [5.74, 6) is 0.805. The Kier molecular flexibility index (Phi) is 7.76. The third-order valence-electron chi connectivity index (χ3n) is 6.48. The van der Waals surface area contributed by atoms with Gasteiger partial charge in [-0.05, 0) is 51.6 Å². The molecule has 4 N–H and O–H groups in total. The Hall–Kier alpha value is -1.34. The molecule has 0 spiro atoms. The average molecular weight is 379 g/mol. The number of piperidine rings is 1. The second kappa shape index (κ2) is 10.3. The number of hydrogen-bond acceptors (Lipinski definition) is 4. The predicted molar refractivity (Wildman–Crippen MR) is 110 cm³/mol. The van der Waals surface area contributed by atoms with Crippen molar-refractivity contribution in [2.75, 3.05) is 46.3 Å². The first-order valence-electron chi connectivity index (χ1n) is 10.9. The molecule has 2 heterocycles. The minimum Gasteiger partial charge on any atom is -0.369 e. The van der Waals surface area contributed by atoms with Gasteiger partial charge in [-0.1, -0.05) is 12.8 Å². The number of likely N-dealkylation sites (tertiary alicyclic amines) is 2. The molecule has 2 saturated heterocycles. The zero-order valence-electron chi connectivity index (χ0n) is 17.0. The van der Waals surface area contributed by atoms with Crippen LogP contribution in [-0.2, 0) is 4.79 Å². The molecule has 154 valence electrons. The highest BCUT2D eigenvalue weighted by molar-refractivity contribution is 5.80. The summed E-state index contributed by atoms with van der Waals surface area (Å²) in [4.78, 5) is 20.8. The van der Waals surface area contributed by atoms with E-state index in [1.165, 1.54) is 38.6 Å².